The van der Waals surface area contributed by atoms with Gasteiger partial charge in [0.1, 0.15) is 0 Å². The van der Waals surface area contributed by atoms with E-state index in [0.717, 1.165) is 24.8 Å². The van der Waals surface area contributed by atoms with Crippen LogP contribution in [0.3, 0.4) is 0 Å². The molecule has 21 heavy (non-hydrogen) atoms. The van der Waals surface area contributed by atoms with Crippen molar-refractivity contribution in [3.8, 4) is 23.3 Å². The number of rotatable bonds is 9. The van der Waals surface area contributed by atoms with E-state index in [9.17, 15) is 0 Å². The molecule has 1 rings (SSSR count). The lowest BCUT2D eigenvalue weighted by molar-refractivity contribution is 0.268. The van der Waals surface area contributed by atoms with E-state index >= 15 is 0 Å². The molecule has 1 atom stereocenters. The average molecular weight is 292 g/mol. The Hall–Kier alpha value is -1.93. The van der Waals surface area contributed by atoms with Gasteiger partial charge in [0, 0.05) is 12.5 Å². The standard InChI is InChI=1S/C16H24N2O3/c1-12(18)9-13-10-14(19-2)16(15(11-13)20-3)21-8-6-4-5-7-17/h10-12H,4-6,8-9,18H2,1-3H3. The van der Waals surface area contributed by atoms with Crippen molar-refractivity contribution < 1.29 is 14.2 Å². The Balaban J connectivity index is 2.83. The first-order valence-corrected chi connectivity index (χ1v) is 7.12. The van der Waals surface area contributed by atoms with E-state index in [1.54, 1.807) is 14.2 Å². The minimum Gasteiger partial charge on any atom is -0.493 e. The molecule has 0 fully saturated rings. The van der Waals surface area contributed by atoms with Crippen molar-refractivity contribution in [2.45, 2.75) is 38.6 Å². The molecule has 1 unspecified atom stereocenters. The van der Waals surface area contributed by atoms with Gasteiger partial charge in [-0.05, 0) is 43.9 Å². The van der Waals surface area contributed by atoms with Crippen molar-refractivity contribution in [3.05, 3.63) is 17.7 Å². The van der Waals surface area contributed by atoms with E-state index in [1.807, 2.05) is 19.1 Å². The van der Waals surface area contributed by atoms with E-state index in [0.29, 0.717) is 30.3 Å². The van der Waals surface area contributed by atoms with Crippen LogP contribution in [0.15, 0.2) is 12.1 Å². The van der Waals surface area contributed by atoms with Crippen molar-refractivity contribution in [1.29, 1.82) is 5.26 Å². The highest BCUT2D eigenvalue weighted by Crippen LogP contribution is 2.39. The summed E-state index contributed by atoms with van der Waals surface area (Å²) in [6.45, 7) is 2.49. The zero-order valence-electron chi connectivity index (χ0n) is 13.0. The van der Waals surface area contributed by atoms with Gasteiger partial charge in [0.05, 0.1) is 26.9 Å². The highest BCUT2D eigenvalue weighted by atomic mass is 16.5. The second kappa shape index (κ2) is 9.09. The smallest absolute Gasteiger partial charge is 0.203 e. The average Bonchev–Trinajstić information content (AvgIpc) is 2.46. The molecule has 1 aromatic rings. The summed E-state index contributed by atoms with van der Waals surface area (Å²) in [5.41, 5.74) is 6.88. The topological polar surface area (TPSA) is 77.5 Å². The summed E-state index contributed by atoms with van der Waals surface area (Å²) in [6.07, 6.45) is 2.94. The van der Waals surface area contributed by atoms with Gasteiger partial charge in [0.2, 0.25) is 5.75 Å². The van der Waals surface area contributed by atoms with Gasteiger partial charge in [-0.3, -0.25) is 0 Å². The first-order chi connectivity index (χ1) is 10.1. The van der Waals surface area contributed by atoms with Crippen LogP contribution < -0.4 is 19.9 Å². The highest BCUT2D eigenvalue weighted by Gasteiger charge is 2.14. The van der Waals surface area contributed by atoms with Crippen molar-refractivity contribution in [1.82, 2.24) is 0 Å². The maximum Gasteiger partial charge on any atom is 0.203 e. The third kappa shape index (κ3) is 5.52. The monoisotopic (exact) mass is 292 g/mol. The highest BCUT2D eigenvalue weighted by molar-refractivity contribution is 5.54. The van der Waals surface area contributed by atoms with E-state index in [4.69, 9.17) is 25.2 Å². The quantitative estimate of drug-likeness (QED) is 0.708. The molecule has 5 heteroatoms. The van der Waals surface area contributed by atoms with Gasteiger partial charge in [-0.25, -0.2) is 0 Å². The summed E-state index contributed by atoms with van der Waals surface area (Å²) in [7, 11) is 3.21. The molecule has 0 radical (unpaired) electrons. The lowest BCUT2D eigenvalue weighted by atomic mass is 10.1. The SMILES string of the molecule is COc1cc(CC(C)N)cc(OC)c1OCCCCC#N. The number of nitrogens with zero attached hydrogens (tertiary/aromatic N) is 1. The largest absolute Gasteiger partial charge is 0.493 e. The summed E-state index contributed by atoms with van der Waals surface area (Å²) in [6, 6.07) is 6.04. The predicted octanol–water partition coefficient (Wildman–Crippen LogP) is 2.67. The second-order valence-corrected chi connectivity index (χ2v) is 4.97. The van der Waals surface area contributed by atoms with Crippen LogP contribution in [0.5, 0.6) is 17.2 Å². The molecular weight excluding hydrogens is 268 g/mol. The molecule has 0 heterocycles. The first kappa shape index (κ1) is 17.1. The Morgan fingerprint density at radius 3 is 2.29 bits per heavy atom. The first-order valence-electron chi connectivity index (χ1n) is 7.12. The van der Waals surface area contributed by atoms with Gasteiger partial charge in [-0.15, -0.1) is 0 Å². The van der Waals surface area contributed by atoms with Crippen LogP contribution in [0.1, 0.15) is 31.7 Å². The molecule has 0 aliphatic rings. The van der Waals surface area contributed by atoms with Crippen LogP contribution in [0, 0.1) is 11.3 Å². The lowest BCUT2D eigenvalue weighted by Gasteiger charge is -2.16. The number of methoxy groups -OCH3 is 2. The summed E-state index contributed by atoms with van der Waals surface area (Å²) < 4.78 is 16.5. The van der Waals surface area contributed by atoms with Crippen molar-refractivity contribution in [3.63, 3.8) is 0 Å². The fraction of sp³-hybridized carbons (Fsp3) is 0.562. The van der Waals surface area contributed by atoms with E-state index in [1.165, 1.54) is 0 Å². The number of ether oxygens (including phenoxy) is 3. The van der Waals surface area contributed by atoms with Crippen LogP contribution >= 0.6 is 0 Å². The Bertz CT molecular complexity index is 456. The van der Waals surface area contributed by atoms with Crippen molar-refractivity contribution >= 4 is 0 Å². The van der Waals surface area contributed by atoms with Crippen LogP contribution in [0.2, 0.25) is 0 Å². The number of nitriles is 1. The van der Waals surface area contributed by atoms with Crippen LogP contribution in [0.4, 0.5) is 0 Å². The Morgan fingerprint density at radius 1 is 1.19 bits per heavy atom. The van der Waals surface area contributed by atoms with Crippen LogP contribution in [-0.2, 0) is 6.42 Å². The normalized spacial score (nSPS) is 11.6. The minimum atomic E-state index is 0.0668. The van der Waals surface area contributed by atoms with Gasteiger partial charge in [-0.1, -0.05) is 0 Å². The fourth-order valence-electron chi connectivity index (χ4n) is 2.05. The molecule has 5 nitrogen and oxygen atoms in total. The zero-order chi connectivity index (χ0) is 15.7. The number of hydrogen-bond acceptors (Lipinski definition) is 5. The third-order valence-corrected chi connectivity index (χ3v) is 3.01. The van der Waals surface area contributed by atoms with Gasteiger partial charge in [-0.2, -0.15) is 5.26 Å². The van der Waals surface area contributed by atoms with Crippen molar-refractivity contribution in [2.75, 3.05) is 20.8 Å². The molecule has 0 bridgehead atoms. The molecule has 0 spiro atoms. The van der Waals surface area contributed by atoms with Crippen LogP contribution in [-0.4, -0.2) is 26.9 Å². The lowest BCUT2D eigenvalue weighted by Crippen LogP contribution is -2.17. The van der Waals surface area contributed by atoms with E-state index < -0.39 is 0 Å². The van der Waals surface area contributed by atoms with Gasteiger partial charge >= 0.3 is 0 Å². The van der Waals surface area contributed by atoms with Crippen LogP contribution in [0.25, 0.3) is 0 Å². The van der Waals surface area contributed by atoms with E-state index in [2.05, 4.69) is 6.07 Å². The molecule has 0 aromatic heterocycles. The third-order valence-electron chi connectivity index (χ3n) is 3.01. The Kier molecular flexibility index (Phi) is 7.41. The maximum absolute atomic E-state index is 8.51. The molecule has 0 amide bonds. The number of hydrogen-bond donors (Lipinski definition) is 1. The molecule has 0 aliphatic carbocycles. The summed E-state index contributed by atoms with van der Waals surface area (Å²) in [5.74, 6) is 1.89. The van der Waals surface area contributed by atoms with Gasteiger partial charge in [0.25, 0.3) is 0 Å². The van der Waals surface area contributed by atoms with Gasteiger partial charge < -0.3 is 19.9 Å². The zero-order valence-corrected chi connectivity index (χ0v) is 13.0. The van der Waals surface area contributed by atoms with Gasteiger partial charge in [0.15, 0.2) is 11.5 Å². The number of nitrogens with two attached hydrogens (primary N) is 1. The van der Waals surface area contributed by atoms with E-state index in [-0.39, 0.29) is 6.04 Å². The predicted molar refractivity (Wildman–Crippen MR) is 81.9 cm³/mol. The molecule has 116 valence electrons. The summed E-state index contributed by atoms with van der Waals surface area (Å²) in [5, 5.41) is 8.51. The minimum absolute atomic E-state index is 0.0668. The molecule has 2 N–H and O–H groups in total. The Morgan fingerprint density at radius 2 is 1.81 bits per heavy atom. The second-order valence-electron chi connectivity index (χ2n) is 4.97. The molecule has 0 aliphatic heterocycles. The fourth-order valence-corrected chi connectivity index (χ4v) is 2.05. The molecule has 0 saturated carbocycles. The Labute approximate surface area is 126 Å². The summed E-state index contributed by atoms with van der Waals surface area (Å²) >= 11 is 0. The number of benzene rings is 1. The summed E-state index contributed by atoms with van der Waals surface area (Å²) in [4.78, 5) is 0. The molecule has 0 saturated heterocycles. The molecular formula is C16H24N2O3. The molecule has 1 aromatic carbocycles. The number of unbranched alkanes of at least 4 members (excludes halogenated alkanes) is 2. The maximum atomic E-state index is 8.51. The van der Waals surface area contributed by atoms with Crippen molar-refractivity contribution in [2.24, 2.45) is 5.73 Å².